The molecule has 0 aromatic heterocycles. The van der Waals surface area contributed by atoms with Crippen LogP contribution in [0.3, 0.4) is 0 Å². The minimum atomic E-state index is -1.05. The van der Waals surface area contributed by atoms with Crippen molar-refractivity contribution in [2.75, 3.05) is 23.8 Å². The van der Waals surface area contributed by atoms with Gasteiger partial charge in [0.15, 0.2) is 0 Å². The summed E-state index contributed by atoms with van der Waals surface area (Å²) in [4.78, 5) is 21.8. The maximum Gasteiger partial charge on any atom is 0.305 e. The highest BCUT2D eigenvalue weighted by atomic mass is 32.2. The predicted octanol–water partition coefficient (Wildman–Crippen LogP) is -0.247. The average Bonchev–Trinajstić information content (AvgIpc) is 2.26. The van der Waals surface area contributed by atoms with Gasteiger partial charge in [-0.3, -0.25) is 9.59 Å². The lowest BCUT2D eigenvalue weighted by Gasteiger charge is -2.21. The van der Waals surface area contributed by atoms with E-state index in [1.807, 2.05) is 23.5 Å². The standard InChI is InChI=1S/C9H16N2O3S2/c10-7(3-8(12)13)9(14)11-4-6-5-15-1-2-16-6/h6-7H,1-5,10H2,(H,11,14)(H,12,13). The molecule has 1 aliphatic heterocycles. The number of rotatable bonds is 5. The zero-order chi connectivity index (χ0) is 12.0. The van der Waals surface area contributed by atoms with Crippen molar-refractivity contribution < 1.29 is 14.7 Å². The highest BCUT2D eigenvalue weighted by Crippen LogP contribution is 2.23. The zero-order valence-corrected chi connectivity index (χ0v) is 10.5. The van der Waals surface area contributed by atoms with E-state index in [4.69, 9.17) is 10.8 Å². The van der Waals surface area contributed by atoms with Crippen LogP contribution in [0.1, 0.15) is 6.42 Å². The molecular formula is C9H16N2O3S2. The third kappa shape index (κ3) is 5.09. The third-order valence-corrected chi connectivity index (χ3v) is 4.97. The largest absolute Gasteiger partial charge is 0.481 e. The molecule has 2 unspecified atom stereocenters. The number of carbonyl (C=O) groups is 2. The molecule has 7 heteroatoms. The van der Waals surface area contributed by atoms with E-state index < -0.39 is 12.0 Å². The Hall–Kier alpha value is -0.400. The second kappa shape index (κ2) is 7.03. The number of carboxylic acid groups (broad SMARTS) is 1. The molecule has 0 aromatic rings. The van der Waals surface area contributed by atoms with Gasteiger partial charge in [0.05, 0.1) is 12.5 Å². The van der Waals surface area contributed by atoms with Gasteiger partial charge in [-0.25, -0.2) is 0 Å². The van der Waals surface area contributed by atoms with E-state index in [9.17, 15) is 9.59 Å². The van der Waals surface area contributed by atoms with Crippen LogP contribution in [0.5, 0.6) is 0 Å². The van der Waals surface area contributed by atoms with Crippen molar-refractivity contribution >= 4 is 35.4 Å². The first-order chi connectivity index (χ1) is 7.59. The summed E-state index contributed by atoms with van der Waals surface area (Å²) in [5.74, 6) is 1.86. The molecule has 0 saturated carbocycles. The molecule has 1 saturated heterocycles. The van der Waals surface area contributed by atoms with Crippen molar-refractivity contribution in [2.45, 2.75) is 17.7 Å². The van der Waals surface area contributed by atoms with Crippen molar-refractivity contribution in [3.05, 3.63) is 0 Å². The predicted molar refractivity (Wildman–Crippen MR) is 66.8 cm³/mol. The van der Waals surface area contributed by atoms with Crippen LogP contribution >= 0.6 is 23.5 Å². The first-order valence-corrected chi connectivity index (χ1v) is 7.24. The van der Waals surface area contributed by atoms with Gasteiger partial charge in [-0.1, -0.05) is 0 Å². The van der Waals surface area contributed by atoms with Crippen molar-refractivity contribution in [1.29, 1.82) is 0 Å². The number of thioether (sulfide) groups is 2. The molecular weight excluding hydrogens is 248 g/mol. The highest BCUT2D eigenvalue weighted by Gasteiger charge is 2.19. The Morgan fingerprint density at radius 2 is 2.25 bits per heavy atom. The second-order valence-corrected chi connectivity index (χ2v) is 6.08. The molecule has 1 amide bonds. The van der Waals surface area contributed by atoms with E-state index in [0.29, 0.717) is 11.8 Å². The fourth-order valence-corrected chi connectivity index (χ4v) is 3.89. The van der Waals surface area contributed by atoms with Crippen molar-refractivity contribution in [2.24, 2.45) is 5.73 Å². The van der Waals surface area contributed by atoms with Gasteiger partial charge in [0, 0.05) is 29.1 Å². The molecule has 5 nitrogen and oxygen atoms in total. The molecule has 1 heterocycles. The molecule has 92 valence electrons. The minimum absolute atomic E-state index is 0.321. The molecule has 0 bridgehead atoms. The number of hydrogen-bond acceptors (Lipinski definition) is 5. The number of amides is 1. The number of carboxylic acids is 1. The quantitative estimate of drug-likeness (QED) is 0.634. The molecule has 0 radical (unpaired) electrons. The number of carbonyl (C=O) groups excluding carboxylic acids is 1. The van der Waals surface area contributed by atoms with E-state index in [0.717, 1.165) is 17.3 Å². The Morgan fingerprint density at radius 1 is 1.50 bits per heavy atom. The monoisotopic (exact) mass is 264 g/mol. The number of aliphatic carboxylic acids is 1. The summed E-state index contributed by atoms with van der Waals surface area (Å²) in [7, 11) is 0. The third-order valence-electron chi connectivity index (χ3n) is 2.12. The van der Waals surface area contributed by atoms with Crippen LogP contribution in [-0.2, 0) is 9.59 Å². The summed E-state index contributed by atoms with van der Waals surface area (Å²) in [6.45, 7) is 0.573. The Labute approximate surface area is 103 Å². The van der Waals surface area contributed by atoms with E-state index in [-0.39, 0.29) is 12.3 Å². The molecule has 1 aliphatic rings. The lowest BCUT2D eigenvalue weighted by atomic mass is 10.2. The second-order valence-electron chi connectivity index (χ2n) is 3.52. The van der Waals surface area contributed by atoms with Gasteiger partial charge < -0.3 is 16.2 Å². The zero-order valence-electron chi connectivity index (χ0n) is 8.85. The Balaban J connectivity index is 2.20. The fraction of sp³-hybridized carbons (Fsp3) is 0.778. The molecule has 1 rings (SSSR count). The topological polar surface area (TPSA) is 92.4 Å². The van der Waals surface area contributed by atoms with Gasteiger partial charge in [0.25, 0.3) is 0 Å². The number of hydrogen-bond donors (Lipinski definition) is 3. The van der Waals surface area contributed by atoms with Gasteiger partial charge in [0.1, 0.15) is 0 Å². The maximum atomic E-state index is 11.4. The molecule has 16 heavy (non-hydrogen) atoms. The number of nitrogens with one attached hydrogen (secondary N) is 1. The summed E-state index contributed by atoms with van der Waals surface area (Å²) in [6, 6.07) is -0.946. The Morgan fingerprint density at radius 3 is 2.81 bits per heavy atom. The minimum Gasteiger partial charge on any atom is -0.481 e. The van der Waals surface area contributed by atoms with Crippen LogP contribution < -0.4 is 11.1 Å². The van der Waals surface area contributed by atoms with Gasteiger partial charge >= 0.3 is 5.97 Å². The maximum absolute atomic E-state index is 11.4. The van der Waals surface area contributed by atoms with Gasteiger partial charge in [0.2, 0.25) is 5.91 Å². The first-order valence-electron chi connectivity index (χ1n) is 5.04. The molecule has 0 aromatic carbocycles. The highest BCUT2D eigenvalue weighted by molar-refractivity contribution is 8.06. The van der Waals surface area contributed by atoms with Crippen LogP contribution in [0, 0.1) is 0 Å². The summed E-state index contributed by atoms with van der Waals surface area (Å²) < 4.78 is 0. The summed E-state index contributed by atoms with van der Waals surface area (Å²) >= 11 is 3.71. The van der Waals surface area contributed by atoms with E-state index in [1.54, 1.807) is 0 Å². The summed E-state index contributed by atoms with van der Waals surface area (Å²) in [5.41, 5.74) is 5.43. The molecule has 4 N–H and O–H groups in total. The fourth-order valence-electron chi connectivity index (χ4n) is 1.28. The average molecular weight is 264 g/mol. The van der Waals surface area contributed by atoms with E-state index in [2.05, 4.69) is 5.32 Å². The smallest absolute Gasteiger partial charge is 0.305 e. The van der Waals surface area contributed by atoms with E-state index >= 15 is 0 Å². The lowest BCUT2D eigenvalue weighted by Crippen LogP contribution is -2.44. The number of nitrogens with two attached hydrogens (primary N) is 1. The van der Waals surface area contributed by atoms with Gasteiger partial charge in [-0.15, -0.1) is 0 Å². The Kier molecular flexibility index (Phi) is 6.00. The molecule has 1 fully saturated rings. The van der Waals surface area contributed by atoms with Crippen molar-refractivity contribution in [1.82, 2.24) is 5.32 Å². The Bertz CT molecular complexity index is 257. The van der Waals surface area contributed by atoms with Crippen LogP contribution in [0.15, 0.2) is 0 Å². The normalized spacial score (nSPS) is 22.4. The van der Waals surface area contributed by atoms with E-state index in [1.165, 1.54) is 0 Å². The summed E-state index contributed by atoms with van der Waals surface area (Å²) in [6.07, 6.45) is -0.321. The van der Waals surface area contributed by atoms with Gasteiger partial charge in [-0.05, 0) is 0 Å². The van der Waals surface area contributed by atoms with Crippen LogP contribution in [0.2, 0.25) is 0 Å². The van der Waals surface area contributed by atoms with Gasteiger partial charge in [-0.2, -0.15) is 23.5 Å². The van der Waals surface area contributed by atoms with Crippen LogP contribution in [0.4, 0.5) is 0 Å². The molecule has 0 spiro atoms. The summed E-state index contributed by atoms with van der Waals surface area (Å²) in [5, 5.41) is 11.6. The molecule has 0 aliphatic carbocycles. The van der Waals surface area contributed by atoms with Crippen LogP contribution in [-0.4, -0.2) is 52.1 Å². The SMILES string of the molecule is NC(CC(=O)O)C(=O)NCC1CSCCS1. The molecule has 2 atom stereocenters. The van der Waals surface area contributed by atoms with Crippen molar-refractivity contribution in [3.8, 4) is 0 Å². The lowest BCUT2D eigenvalue weighted by molar-refractivity contribution is -0.139. The first kappa shape index (κ1) is 13.7. The van der Waals surface area contributed by atoms with Crippen molar-refractivity contribution in [3.63, 3.8) is 0 Å². The van der Waals surface area contributed by atoms with Crippen LogP contribution in [0.25, 0.3) is 0 Å².